The summed E-state index contributed by atoms with van der Waals surface area (Å²) < 4.78 is 0. The quantitative estimate of drug-likeness (QED) is 0.0958. The molecular formula is C112H114N8S8. The smallest absolute Gasteiger partial charge is 0.164 e. The van der Waals surface area contributed by atoms with Crippen LogP contribution < -0.4 is 0 Å². The Balaban J connectivity index is 0.984. The number of hydrogen-bond donors (Lipinski definition) is 2. The molecule has 2 N–H and O–H groups in total. The second-order valence-electron chi connectivity index (χ2n) is 42.0. The van der Waals surface area contributed by atoms with Crippen LogP contribution in [0.1, 0.15) is 211 Å². The fraction of sp³-hybridized carbons (Fsp3) is 0.286. The van der Waals surface area contributed by atoms with E-state index in [2.05, 4.69) is 419 Å². The fourth-order valence-electron chi connectivity index (χ4n) is 15.7. The number of aromatic nitrogens is 8. The van der Waals surface area contributed by atoms with Gasteiger partial charge in [0.1, 0.15) is 22.6 Å². The molecule has 0 saturated carbocycles. The highest BCUT2D eigenvalue weighted by atomic mass is 32.2. The first-order valence-electron chi connectivity index (χ1n) is 44.1. The lowest BCUT2D eigenvalue weighted by Gasteiger charge is -2.20. The molecule has 3 aromatic heterocycles. The summed E-state index contributed by atoms with van der Waals surface area (Å²) in [5.74, 6) is 2.06. The Hall–Kier alpha value is -9.20. The average molecular weight is 1830 g/mol. The number of fused-ring (bicyclic) bond motifs is 20. The summed E-state index contributed by atoms with van der Waals surface area (Å²) in [6.45, 7) is 54.6. The van der Waals surface area contributed by atoms with Crippen molar-refractivity contribution >= 4 is 138 Å². The third-order valence-corrected chi connectivity index (χ3v) is 32.7. The Morgan fingerprint density at radius 3 is 0.414 bits per heavy atom. The highest BCUT2D eigenvalue weighted by molar-refractivity contribution is 8.03. The molecule has 0 unspecified atom stereocenters. The second-order valence-corrected chi connectivity index (χ2v) is 50.9. The predicted molar refractivity (Wildman–Crippen MR) is 550 cm³/mol. The van der Waals surface area contributed by atoms with E-state index in [1.54, 1.807) is 94.1 Å². The second kappa shape index (κ2) is 34.8. The minimum absolute atomic E-state index is 0.0246. The van der Waals surface area contributed by atoms with E-state index < -0.39 is 0 Å². The Morgan fingerprint density at radius 2 is 0.289 bits per heavy atom. The van der Waals surface area contributed by atoms with Gasteiger partial charge < -0.3 is 9.97 Å². The maximum Gasteiger partial charge on any atom is 0.164 e. The summed E-state index contributed by atoms with van der Waals surface area (Å²) in [5, 5.41) is 3.52. The van der Waals surface area contributed by atoms with Gasteiger partial charge in [0.2, 0.25) is 0 Å². The molecule has 0 amide bonds. The van der Waals surface area contributed by atoms with Crippen molar-refractivity contribution in [2.75, 3.05) is 0 Å². The van der Waals surface area contributed by atoms with Crippen LogP contribution in [-0.4, -0.2) is 39.9 Å². The van der Waals surface area contributed by atoms with Crippen LogP contribution in [-0.2, 0) is 43.3 Å². The van der Waals surface area contributed by atoms with E-state index in [0.29, 0.717) is 45.9 Å². The zero-order chi connectivity index (χ0) is 90.7. The molecule has 0 radical (unpaired) electrons. The molecule has 0 saturated heterocycles. The van der Waals surface area contributed by atoms with E-state index in [0.717, 1.165) is 122 Å². The van der Waals surface area contributed by atoms with Crippen molar-refractivity contribution in [3.63, 3.8) is 0 Å². The third-order valence-electron chi connectivity index (χ3n) is 23.7. The zero-order valence-electron chi connectivity index (χ0n) is 78.0. The molecule has 15 aromatic rings. The lowest BCUT2D eigenvalue weighted by molar-refractivity contribution is 0.589. The number of aromatic amines is 2. The lowest BCUT2D eigenvalue weighted by Crippen LogP contribution is -2.10. The largest absolute Gasteiger partial charge is 0.324 e. The van der Waals surface area contributed by atoms with Gasteiger partial charge >= 0.3 is 0 Å². The first-order chi connectivity index (χ1) is 60.3. The number of benzene rings is 12. The standard InChI is InChI=1S/C112H114N8S8/c1-105(2,3)65-25-41-73(42-26-65)121-89-57-81-82(58-90(89)122-74-43-27-66(28-44-74)106(4,5)6)98-113-97(81)117-99-83-59-91(123-75-45-29-67(30-46-75)107(7,8)9)92(124-76-47-31-68(32-48-76)108(10,11)12)60-84(83)101(114-99)119-103-87-63-95(127-79-53-37-71(38-54-79)111(19,20)21)96(128-80-55-39-72(40-56-80)112(22,23)24)64-88(87)104(116-103)120-102-86-62-94(126-78-51-35-70(36-52-78)110(16,17)18)93(61-85(86)100(115-102)118-98)125-77-49-33-69(34-50-77)109(13,14)15/h25-64H,1-24H3,(H2,113,114,115,116,117,118,119,120). The van der Waals surface area contributed by atoms with Gasteiger partial charge in [-0.05, 0) is 233 Å². The molecule has 17 rings (SSSR count). The van der Waals surface area contributed by atoms with Crippen LogP contribution in [0.25, 0.3) is 89.7 Å². The number of rotatable bonds is 16. The highest BCUT2D eigenvalue weighted by Crippen LogP contribution is 2.53. The van der Waals surface area contributed by atoms with Gasteiger partial charge in [-0.3, -0.25) is 0 Å². The van der Waals surface area contributed by atoms with Crippen LogP contribution in [0, 0.1) is 0 Å². The van der Waals surface area contributed by atoms with E-state index in [9.17, 15) is 0 Å². The summed E-state index contributed by atoms with van der Waals surface area (Å²) in [7, 11) is 0. The molecule has 5 heterocycles. The van der Waals surface area contributed by atoms with Crippen molar-refractivity contribution in [1.29, 1.82) is 0 Å². The molecule has 2 aliphatic rings. The number of hydrogen-bond acceptors (Lipinski definition) is 14. The van der Waals surface area contributed by atoms with E-state index in [-0.39, 0.29) is 43.3 Å². The molecular weight excluding hydrogens is 1710 g/mol. The van der Waals surface area contributed by atoms with Crippen molar-refractivity contribution in [3.8, 4) is 45.6 Å². The topological polar surface area (TPSA) is 109 Å². The summed E-state index contributed by atoms with van der Waals surface area (Å²) in [6, 6.07) is 91.3. The van der Waals surface area contributed by atoms with Gasteiger partial charge in [0.15, 0.2) is 23.3 Å². The molecule has 8 nitrogen and oxygen atoms in total. The minimum Gasteiger partial charge on any atom is -0.324 e. The van der Waals surface area contributed by atoms with Crippen LogP contribution in [0.3, 0.4) is 0 Å². The number of nitrogens with one attached hydrogen (secondary N) is 2. The summed E-state index contributed by atoms with van der Waals surface area (Å²) in [4.78, 5) is 60.9. The Kier molecular flexibility index (Phi) is 24.7. The Labute approximate surface area is 791 Å². The van der Waals surface area contributed by atoms with Crippen LogP contribution in [0.15, 0.2) is 321 Å². The first-order valence-corrected chi connectivity index (χ1v) is 50.7. The molecule has 0 spiro atoms. The van der Waals surface area contributed by atoms with E-state index in [4.69, 9.17) is 29.9 Å². The minimum atomic E-state index is -0.0249. The van der Waals surface area contributed by atoms with Gasteiger partial charge in [0.25, 0.3) is 0 Å². The Bertz CT molecular complexity index is 6090. The van der Waals surface area contributed by atoms with Crippen LogP contribution >= 0.6 is 94.1 Å². The fourth-order valence-corrected chi connectivity index (χ4v) is 23.6. The molecule has 12 aromatic carbocycles. The molecule has 0 atom stereocenters. The SMILES string of the molecule is CC(C)(C)c1ccc(Sc2cc3c(cc2Sc2ccc(C(C)(C)C)cc2)-c2nc-3nc3[nH]c(nc4nc(nc5[nH]c(n2)c2cc(Sc6ccc(C(C)(C)C)cc6)c(Sc6ccc(C(C)(C)C)cc6)cc52)-c2cc(Sc5ccc(C(C)(C)C)cc5)c(Sc5ccc(C(C)(C)C)cc5)cc2-4)c2cc(Sc4ccc(C(C)(C)C)cc4)c(Sc4ccc(C(C)(C)C)cc4)cc32)cc1. The third kappa shape index (κ3) is 20.1. The van der Waals surface area contributed by atoms with Gasteiger partial charge in [-0.25, -0.2) is 29.9 Å². The van der Waals surface area contributed by atoms with Gasteiger partial charge in [-0.1, -0.05) is 357 Å². The summed E-state index contributed by atoms with van der Waals surface area (Å²) >= 11 is 14.1. The van der Waals surface area contributed by atoms with Crippen molar-refractivity contribution < 1.29 is 0 Å². The highest BCUT2D eigenvalue weighted by Gasteiger charge is 2.31. The molecule has 650 valence electrons. The van der Waals surface area contributed by atoms with Crippen molar-refractivity contribution in [3.05, 3.63) is 287 Å². The number of nitrogens with zero attached hydrogens (tertiary/aromatic N) is 6. The monoisotopic (exact) mass is 1830 g/mol. The molecule has 8 bridgehead atoms. The first kappa shape index (κ1) is 90.7. The van der Waals surface area contributed by atoms with E-state index >= 15 is 0 Å². The van der Waals surface area contributed by atoms with Gasteiger partial charge in [0, 0.05) is 122 Å². The summed E-state index contributed by atoms with van der Waals surface area (Å²) in [5.41, 5.74) is 15.8. The van der Waals surface area contributed by atoms with Gasteiger partial charge in [-0.2, -0.15) is 0 Å². The average Bonchev–Trinajstić information content (AvgIpc) is 1.58. The van der Waals surface area contributed by atoms with Gasteiger partial charge in [-0.15, -0.1) is 0 Å². The molecule has 16 heteroatoms. The number of H-pyrrole nitrogens is 2. The Morgan fingerprint density at radius 1 is 0.164 bits per heavy atom. The van der Waals surface area contributed by atoms with Crippen LogP contribution in [0.4, 0.5) is 0 Å². The maximum absolute atomic E-state index is 5.94. The predicted octanol–water partition coefficient (Wildman–Crippen LogP) is 34.5. The van der Waals surface area contributed by atoms with Crippen LogP contribution in [0.2, 0.25) is 0 Å². The maximum atomic E-state index is 5.94. The molecule has 2 aliphatic heterocycles. The van der Waals surface area contributed by atoms with Crippen LogP contribution in [0.5, 0.6) is 0 Å². The normalized spacial score (nSPS) is 12.9. The van der Waals surface area contributed by atoms with Crippen molar-refractivity contribution in [2.45, 2.75) is 288 Å². The van der Waals surface area contributed by atoms with Gasteiger partial charge in [0.05, 0.1) is 0 Å². The lowest BCUT2D eigenvalue weighted by atomic mass is 9.87. The van der Waals surface area contributed by atoms with E-state index in [1.165, 1.54) is 44.5 Å². The molecule has 0 fully saturated rings. The molecule has 0 aliphatic carbocycles. The van der Waals surface area contributed by atoms with E-state index in [1.807, 2.05) is 0 Å². The zero-order valence-corrected chi connectivity index (χ0v) is 84.6. The summed E-state index contributed by atoms with van der Waals surface area (Å²) in [6.07, 6.45) is 0. The molecule has 128 heavy (non-hydrogen) atoms. The van der Waals surface area contributed by atoms with Crippen molar-refractivity contribution in [2.24, 2.45) is 0 Å². The van der Waals surface area contributed by atoms with Crippen molar-refractivity contribution in [1.82, 2.24) is 39.9 Å².